The number of furan rings is 1. The molecule has 1 unspecified atom stereocenters. The molecular formula is C13H14N2O4S. The number of hydrogen-bond donors (Lipinski definition) is 2. The van der Waals surface area contributed by atoms with Crippen LogP contribution in [0.3, 0.4) is 0 Å². The predicted molar refractivity (Wildman–Crippen MR) is 73.6 cm³/mol. The molecule has 106 valence electrons. The number of aliphatic carboxylic acids is 1. The summed E-state index contributed by atoms with van der Waals surface area (Å²) in [5, 5.41) is 13.8. The van der Waals surface area contributed by atoms with Crippen molar-refractivity contribution in [3.63, 3.8) is 0 Å². The van der Waals surface area contributed by atoms with E-state index < -0.39 is 17.4 Å². The fraction of sp³-hybridized carbons (Fsp3) is 0.308. The highest BCUT2D eigenvalue weighted by atomic mass is 32.1. The molecule has 0 saturated carbocycles. The van der Waals surface area contributed by atoms with Gasteiger partial charge in [0.15, 0.2) is 10.8 Å². The number of carbonyl (C=O) groups excluding carboxylic acids is 1. The molecule has 2 heterocycles. The second kappa shape index (κ2) is 5.46. The van der Waals surface area contributed by atoms with Crippen LogP contribution in [-0.4, -0.2) is 27.5 Å². The van der Waals surface area contributed by atoms with Gasteiger partial charge in [0.2, 0.25) is 0 Å². The Balaban J connectivity index is 2.16. The molecular weight excluding hydrogens is 280 g/mol. The van der Waals surface area contributed by atoms with Gasteiger partial charge in [-0.1, -0.05) is 6.92 Å². The molecule has 0 aliphatic carbocycles. The SMILES string of the molecule is CCC(C)(NC(=O)c1csc(-c2ccco2)n1)C(=O)O. The smallest absolute Gasteiger partial charge is 0.329 e. The maximum absolute atomic E-state index is 12.0. The van der Waals surface area contributed by atoms with Crippen molar-refractivity contribution in [3.8, 4) is 10.8 Å². The van der Waals surface area contributed by atoms with Crippen LogP contribution >= 0.6 is 11.3 Å². The zero-order valence-electron chi connectivity index (χ0n) is 11.0. The second-order valence-electron chi connectivity index (χ2n) is 4.46. The number of amides is 1. The lowest BCUT2D eigenvalue weighted by atomic mass is 9.99. The Kier molecular flexibility index (Phi) is 3.89. The van der Waals surface area contributed by atoms with Gasteiger partial charge in [-0.3, -0.25) is 4.79 Å². The third kappa shape index (κ3) is 2.72. The Labute approximate surface area is 119 Å². The second-order valence-corrected chi connectivity index (χ2v) is 5.32. The van der Waals surface area contributed by atoms with Crippen molar-refractivity contribution in [3.05, 3.63) is 29.5 Å². The van der Waals surface area contributed by atoms with E-state index in [1.165, 1.54) is 24.5 Å². The number of rotatable bonds is 5. The minimum atomic E-state index is -1.30. The van der Waals surface area contributed by atoms with Crippen molar-refractivity contribution >= 4 is 23.2 Å². The third-order valence-corrected chi connectivity index (χ3v) is 3.89. The molecule has 0 aliphatic rings. The van der Waals surface area contributed by atoms with Crippen molar-refractivity contribution in [1.82, 2.24) is 10.3 Å². The van der Waals surface area contributed by atoms with E-state index in [9.17, 15) is 9.59 Å². The Morgan fingerprint density at radius 1 is 1.55 bits per heavy atom. The summed E-state index contributed by atoms with van der Waals surface area (Å²) in [5.41, 5.74) is -1.12. The summed E-state index contributed by atoms with van der Waals surface area (Å²) in [6.07, 6.45) is 1.80. The minimum absolute atomic E-state index is 0.183. The lowest BCUT2D eigenvalue weighted by Gasteiger charge is -2.23. The molecule has 2 aromatic heterocycles. The first kappa shape index (κ1) is 14.3. The molecule has 2 aromatic rings. The number of nitrogens with one attached hydrogen (secondary N) is 1. The summed E-state index contributed by atoms with van der Waals surface area (Å²) in [6.45, 7) is 3.16. The summed E-state index contributed by atoms with van der Waals surface area (Å²) >= 11 is 1.26. The Hall–Kier alpha value is -2.15. The summed E-state index contributed by atoms with van der Waals surface area (Å²) < 4.78 is 5.20. The van der Waals surface area contributed by atoms with E-state index in [1.54, 1.807) is 24.4 Å². The molecule has 0 fully saturated rings. The highest BCUT2D eigenvalue weighted by Gasteiger charge is 2.33. The van der Waals surface area contributed by atoms with Gasteiger partial charge in [-0.2, -0.15) is 0 Å². The first-order valence-electron chi connectivity index (χ1n) is 6.01. The van der Waals surface area contributed by atoms with Crippen LogP contribution < -0.4 is 5.32 Å². The summed E-state index contributed by atoms with van der Waals surface area (Å²) in [4.78, 5) is 27.4. The van der Waals surface area contributed by atoms with Crippen molar-refractivity contribution < 1.29 is 19.1 Å². The van der Waals surface area contributed by atoms with E-state index in [0.29, 0.717) is 10.8 Å². The van der Waals surface area contributed by atoms with Crippen LogP contribution in [0.2, 0.25) is 0 Å². The molecule has 0 aliphatic heterocycles. The highest BCUT2D eigenvalue weighted by Crippen LogP contribution is 2.24. The molecule has 7 heteroatoms. The third-order valence-electron chi connectivity index (χ3n) is 3.04. The van der Waals surface area contributed by atoms with Gasteiger partial charge in [0.1, 0.15) is 11.2 Å². The fourth-order valence-corrected chi connectivity index (χ4v) is 2.27. The molecule has 0 aromatic carbocycles. The van der Waals surface area contributed by atoms with Crippen molar-refractivity contribution in [2.75, 3.05) is 0 Å². The maximum atomic E-state index is 12.0. The van der Waals surface area contributed by atoms with Gasteiger partial charge in [0, 0.05) is 5.38 Å². The highest BCUT2D eigenvalue weighted by molar-refractivity contribution is 7.13. The van der Waals surface area contributed by atoms with Gasteiger partial charge in [-0.15, -0.1) is 11.3 Å². The monoisotopic (exact) mass is 294 g/mol. The lowest BCUT2D eigenvalue weighted by Crippen LogP contribution is -2.51. The number of carboxylic acid groups (broad SMARTS) is 1. The predicted octanol–water partition coefficient (Wildman–Crippen LogP) is 2.39. The minimum Gasteiger partial charge on any atom is -0.480 e. The molecule has 0 spiro atoms. The Bertz CT molecular complexity index is 620. The Morgan fingerprint density at radius 3 is 2.85 bits per heavy atom. The van der Waals surface area contributed by atoms with E-state index in [4.69, 9.17) is 9.52 Å². The van der Waals surface area contributed by atoms with Gasteiger partial charge in [0.05, 0.1) is 6.26 Å². The van der Waals surface area contributed by atoms with Crippen molar-refractivity contribution in [2.24, 2.45) is 0 Å². The number of aromatic nitrogens is 1. The number of hydrogen-bond acceptors (Lipinski definition) is 5. The maximum Gasteiger partial charge on any atom is 0.329 e. The lowest BCUT2D eigenvalue weighted by molar-refractivity contribution is -0.143. The van der Waals surface area contributed by atoms with E-state index >= 15 is 0 Å². The topological polar surface area (TPSA) is 92.4 Å². The molecule has 1 atom stereocenters. The first-order valence-corrected chi connectivity index (χ1v) is 6.89. The van der Waals surface area contributed by atoms with Crippen LogP contribution in [-0.2, 0) is 4.79 Å². The first-order chi connectivity index (χ1) is 9.46. The van der Waals surface area contributed by atoms with E-state index in [0.717, 1.165) is 0 Å². The van der Waals surface area contributed by atoms with Crippen LogP contribution in [0.15, 0.2) is 28.2 Å². The molecule has 6 nitrogen and oxygen atoms in total. The molecule has 1 amide bonds. The van der Waals surface area contributed by atoms with Gasteiger partial charge in [-0.05, 0) is 25.5 Å². The fourth-order valence-electron chi connectivity index (χ4n) is 1.50. The molecule has 2 N–H and O–H groups in total. The molecule has 0 saturated heterocycles. The van der Waals surface area contributed by atoms with Crippen molar-refractivity contribution in [1.29, 1.82) is 0 Å². The summed E-state index contributed by atoms with van der Waals surface area (Å²) in [5.74, 6) is -1.01. The van der Waals surface area contributed by atoms with Crippen LogP contribution in [0.5, 0.6) is 0 Å². The van der Waals surface area contributed by atoms with Gasteiger partial charge in [-0.25, -0.2) is 9.78 Å². The molecule has 0 radical (unpaired) electrons. The standard InChI is InChI=1S/C13H14N2O4S/c1-3-13(2,12(17)18)15-10(16)8-7-20-11(14-8)9-5-4-6-19-9/h4-7H,3H2,1-2H3,(H,15,16)(H,17,18). The zero-order chi connectivity index (χ0) is 14.8. The number of carbonyl (C=O) groups is 2. The average Bonchev–Trinajstić information content (AvgIpc) is 3.08. The number of carboxylic acids is 1. The molecule has 0 bridgehead atoms. The number of nitrogens with zero attached hydrogens (tertiary/aromatic N) is 1. The number of thiazole rings is 1. The van der Waals surface area contributed by atoms with E-state index in [1.807, 2.05) is 0 Å². The molecule has 20 heavy (non-hydrogen) atoms. The van der Waals surface area contributed by atoms with Gasteiger partial charge < -0.3 is 14.8 Å². The normalized spacial score (nSPS) is 13.7. The quantitative estimate of drug-likeness (QED) is 0.883. The van der Waals surface area contributed by atoms with Gasteiger partial charge in [0.25, 0.3) is 5.91 Å². The summed E-state index contributed by atoms with van der Waals surface area (Å²) in [7, 11) is 0. The van der Waals surface area contributed by atoms with Crippen LogP contribution in [0.4, 0.5) is 0 Å². The van der Waals surface area contributed by atoms with Crippen LogP contribution in [0, 0.1) is 0 Å². The average molecular weight is 294 g/mol. The Morgan fingerprint density at radius 2 is 2.30 bits per heavy atom. The van der Waals surface area contributed by atoms with Crippen molar-refractivity contribution in [2.45, 2.75) is 25.8 Å². The van der Waals surface area contributed by atoms with E-state index in [-0.39, 0.29) is 12.1 Å². The zero-order valence-corrected chi connectivity index (χ0v) is 11.9. The van der Waals surface area contributed by atoms with E-state index in [2.05, 4.69) is 10.3 Å². The molecule has 2 rings (SSSR count). The summed E-state index contributed by atoms with van der Waals surface area (Å²) in [6, 6.07) is 3.48. The van der Waals surface area contributed by atoms with Gasteiger partial charge >= 0.3 is 5.97 Å². The van der Waals surface area contributed by atoms with Crippen LogP contribution in [0.25, 0.3) is 10.8 Å². The largest absolute Gasteiger partial charge is 0.480 e. The van der Waals surface area contributed by atoms with Crippen LogP contribution in [0.1, 0.15) is 30.8 Å².